The van der Waals surface area contributed by atoms with Crippen LogP contribution in [0.3, 0.4) is 0 Å². The van der Waals surface area contributed by atoms with Crippen LogP contribution in [0.4, 0.5) is 0 Å². The van der Waals surface area contributed by atoms with E-state index in [1.807, 2.05) is 24.3 Å². The third-order valence-corrected chi connectivity index (χ3v) is 5.04. The van der Waals surface area contributed by atoms with Crippen molar-refractivity contribution < 1.29 is 13.2 Å². The van der Waals surface area contributed by atoms with Crippen LogP contribution in [0.1, 0.15) is 16.7 Å². The SMILES string of the molecule is Cc1cc(S(=O)(=O)Cl)c(C)cc1OCc1ccc(Br)cc1. The van der Waals surface area contributed by atoms with Gasteiger partial charge in [0.05, 0.1) is 4.90 Å². The highest BCUT2D eigenvalue weighted by Gasteiger charge is 2.16. The molecule has 0 aliphatic heterocycles. The molecule has 2 rings (SSSR count). The zero-order valence-electron chi connectivity index (χ0n) is 11.6. The van der Waals surface area contributed by atoms with Gasteiger partial charge in [-0.25, -0.2) is 8.42 Å². The summed E-state index contributed by atoms with van der Waals surface area (Å²) in [4.78, 5) is 0.123. The lowest BCUT2D eigenvalue weighted by atomic mass is 10.1. The van der Waals surface area contributed by atoms with E-state index in [4.69, 9.17) is 15.4 Å². The first-order valence-electron chi connectivity index (χ1n) is 6.20. The van der Waals surface area contributed by atoms with Gasteiger partial charge < -0.3 is 4.74 Å². The van der Waals surface area contributed by atoms with Crippen molar-refractivity contribution in [1.82, 2.24) is 0 Å². The van der Waals surface area contributed by atoms with Gasteiger partial charge in [-0.3, -0.25) is 0 Å². The molecule has 0 amide bonds. The molecule has 6 heteroatoms. The second-order valence-electron chi connectivity index (χ2n) is 4.74. The summed E-state index contributed by atoms with van der Waals surface area (Å²) in [5, 5.41) is 0. The Morgan fingerprint density at radius 3 is 2.29 bits per heavy atom. The van der Waals surface area contributed by atoms with Crippen molar-refractivity contribution in [3.05, 3.63) is 57.6 Å². The molecule has 0 heterocycles. The molecule has 2 aromatic rings. The van der Waals surface area contributed by atoms with Gasteiger partial charge >= 0.3 is 0 Å². The van der Waals surface area contributed by atoms with Gasteiger partial charge in [0, 0.05) is 15.2 Å². The number of aryl methyl sites for hydroxylation is 2. The highest BCUT2D eigenvalue weighted by molar-refractivity contribution is 9.10. The number of hydrogen-bond acceptors (Lipinski definition) is 3. The van der Waals surface area contributed by atoms with Crippen molar-refractivity contribution >= 4 is 35.7 Å². The summed E-state index contributed by atoms with van der Waals surface area (Å²) in [7, 11) is 1.67. The van der Waals surface area contributed by atoms with Crippen molar-refractivity contribution in [3.8, 4) is 5.75 Å². The number of rotatable bonds is 4. The first kappa shape index (κ1) is 16.3. The Balaban J connectivity index is 2.21. The Hall–Kier alpha value is -1.04. The number of benzene rings is 2. The summed E-state index contributed by atoms with van der Waals surface area (Å²) < 4.78 is 29.7. The first-order valence-corrected chi connectivity index (χ1v) is 9.31. The summed E-state index contributed by atoms with van der Waals surface area (Å²) in [5.41, 5.74) is 2.34. The highest BCUT2D eigenvalue weighted by Crippen LogP contribution is 2.28. The van der Waals surface area contributed by atoms with Crippen molar-refractivity contribution in [2.75, 3.05) is 0 Å². The van der Waals surface area contributed by atoms with Gasteiger partial charge in [-0.15, -0.1) is 0 Å². The Bertz CT molecular complexity index is 755. The highest BCUT2D eigenvalue weighted by atomic mass is 79.9. The van der Waals surface area contributed by atoms with Gasteiger partial charge in [0.2, 0.25) is 0 Å². The van der Waals surface area contributed by atoms with E-state index in [2.05, 4.69) is 15.9 Å². The van der Waals surface area contributed by atoms with Crippen molar-refractivity contribution in [1.29, 1.82) is 0 Å². The van der Waals surface area contributed by atoms with Gasteiger partial charge in [0.1, 0.15) is 12.4 Å². The zero-order chi connectivity index (χ0) is 15.6. The van der Waals surface area contributed by atoms with Gasteiger partial charge in [-0.2, -0.15) is 0 Å². The molecule has 0 saturated heterocycles. The Kier molecular flexibility index (Phi) is 4.96. The van der Waals surface area contributed by atoms with Gasteiger partial charge in [-0.05, 0) is 54.8 Å². The van der Waals surface area contributed by atoms with E-state index in [0.29, 0.717) is 17.9 Å². The van der Waals surface area contributed by atoms with E-state index >= 15 is 0 Å². The molecule has 21 heavy (non-hydrogen) atoms. The van der Waals surface area contributed by atoms with E-state index in [0.717, 1.165) is 15.6 Å². The molecule has 0 spiro atoms. The molecule has 3 nitrogen and oxygen atoms in total. The van der Waals surface area contributed by atoms with Crippen LogP contribution < -0.4 is 4.74 Å². The fourth-order valence-corrected chi connectivity index (χ4v) is 3.45. The summed E-state index contributed by atoms with van der Waals surface area (Å²) in [6.45, 7) is 3.91. The average molecular weight is 390 g/mol. The predicted octanol–water partition coefficient (Wildman–Crippen LogP) is 4.57. The van der Waals surface area contributed by atoms with Crippen LogP contribution in [0, 0.1) is 13.8 Å². The van der Waals surface area contributed by atoms with Crippen LogP contribution in [0.2, 0.25) is 0 Å². The number of hydrogen-bond donors (Lipinski definition) is 0. The van der Waals surface area contributed by atoms with Crippen LogP contribution >= 0.6 is 26.6 Å². The molecule has 0 aromatic heterocycles. The maximum absolute atomic E-state index is 11.4. The molecule has 0 fully saturated rings. The lowest BCUT2D eigenvalue weighted by Crippen LogP contribution is -2.01. The van der Waals surface area contributed by atoms with Crippen LogP contribution in [0.25, 0.3) is 0 Å². The monoisotopic (exact) mass is 388 g/mol. The molecule has 0 aliphatic rings. The molecular formula is C15H14BrClO3S. The summed E-state index contributed by atoms with van der Waals surface area (Å²) in [6.07, 6.45) is 0. The van der Waals surface area contributed by atoms with Gasteiger partial charge in [-0.1, -0.05) is 28.1 Å². The zero-order valence-corrected chi connectivity index (χ0v) is 14.7. The maximum Gasteiger partial charge on any atom is 0.261 e. The van der Waals surface area contributed by atoms with E-state index in [9.17, 15) is 8.42 Å². The Morgan fingerprint density at radius 2 is 1.71 bits per heavy atom. The molecule has 0 unspecified atom stereocenters. The largest absolute Gasteiger partial charge is 0.489 e. The van der Waals surface area contributed by atoms with Crippen LogP contribution in [-0.2, 0) is 15.7 Å². The average Bonchev–Trinajstić information content (AvgIpc) is 2.40. The molecule has 0 N–H and O–H groups in total. The molecule has 0 saturated carbocycles. The second kappa shape index (κ2) is 6.38. The molecule has 0 bridgehead atoms. The third kappa shape index (κ3) is 4.22. The van der Waals surface area contributed by atoms with Gasteiger partial charge in [0.15, 0.2) is 0 Å². The fourth-order valence-electron chi connectivity index (χ4n) is 1.92. The summed E-state index contributed by atoms with van der Waals surface area (Å²) in [5.74, 6) is 0.652. The lowest BCUT2D eigenvalue weighted by molar-refractivity contribution is 0.303. The van der Waals surface area contributed by atoms with Crippen molar-refractivity contribution in [3.63, 3.8) is 0 Å². The van der Waals surface area contributed by atoms with E-state index in [1.165, 1.54) is 6.07 Å². The predicted molar refractivity (Wildman–Crippen MR) is 87.4 cm³/mol. The Labute approximate surface area is 137 Å². The third-order valence-electron chi connectivity index (χ3n) is 3.04. The molecule has 0 atom stereocenters. The van der Waals surface area contributed by atoms with Gasteiger partial charge in [0.25, 0.3) is 9.05 Å². The molecule has 2 aromatic carbocycles. The first-order chi connectivity index (χ1) is 9.77. The smallest absolute Gasteiger partial charge is 0.261 e. The quantitative estimate of drug-likeness (QED) is 0.719. The molecule has 0 aliphatic carbocycles. The summed E-state index contributed by atoms with van der Waals surface area (Å²) >= 11 is 3.38. The Morgan fingerprint density at radius 1 is 1.10 bits per heavy atom. The molecule has 112 valence electrons. The normalized spacial score (nSPS) is 11.4. The second-order valence-corrected chi connectivity index (χ2v) is 8.19. The minimum Gasteiger partial charge on any atom is -0.489 e. The topological polar surface area (TPSA) is 43.4 Å². The maximum atomic E-state index is 11.4. The van der Waals surface area contributed by atoms with Crippen molar-refractivity contribution in [2.45, 2.75) is 25.3 Å². The molecular weight excluding hydrogens is 376 g/mol. The van der Waals surface area contributed by atoms with E-state index < -0.39 is 9.05 Å². The standard InChI is InChI=1S/C15H14BrClO3S/c1-10-8-15(21(17,18)19)11(2)7-14(10)20-9-12-3-5-13(16)6-4-12/h3-8H,9H2,1-2H3. The molecule has 0 radical (unpaired) electrons. The summed E-state index contributed by atoms with van der Waals surface area (Å²) in [6, 6.07) is 11.0. The minimum absolute atomic E-state index is 0.123. The minimum atomic E-state index is -3.73. The van der Waals surface area contributed by atoms with Crippen LogP contribution in [0.15, 0.2) is 45.8 Å². The van der Waals surface area contributed by atoms with E-state index in [-0.39, 0.29) is 4.90 Å². The number of halogens is 2. The fraction of sp³-hybridized carbons (Fsp3) is 0.200. The van der Waals surface area contributed by atoms with Crippen molar-refractivity contribution in [2.24, 2.45) is 0 Å². The van der Waals surface area contributed by atoms with Crippen LogP contribution in [0.5, 0.6) is 5.75 Å². The number of ether oxygens (including phenoxy) is 1. The van der Waals surface area contributed by atoms with E-state index in [1.54, 1.807) is 19.9 Å². The van der Waals surface area contributed by atoms with Crippen LogP contribution in [-0.4, -0.2) is 8.42 Å². The lowest BCUT2D eigenvalue weighted by Gasteiger charge is -2.12.